The third-order valence-corrected chi connectivity index (χ3v) is 4.58. The van der Waals surface area contributed by atoms with E-state index in [9.17, 15) is 13.2 Å². The molecule has 0 aliphatic carbocycles. The number of hydrogen-bond acceptors (Lipinski definition) is 7. The number of ether oxygens (including phenoxy) is 1. The number of fused-ring (bicyclic) bond motifs is 1. The number of aryl methyl sites for hydroxylation is 1. The number of nitrogens with zero attached hydrogens (tertiary/aromatic N) is 4. The lowest BCUT2D eigenvalue weighted by molar-refractivity contribution is -0.141. The Kier molecular flexibility index (Phi) is 6.76. The van der Waals surface area contributed by atoms with Crippen LogP contribution in [0.25, 0.3) is 11.0 Å². The Labute approximate surface area is 171 Å². The summed E-state index contributed by atoms with van der Waals surface area (Å²) in [5.74, 6) is 1.03. The van der Waals surface area contributed by atoms with Crippen molar-refractivity contribution in [3.63, 3.8) is 0 Å². The molecule has 2 aromatic heterocycles. The first-order valence-corrected chi connectivity index (χ1v) is 9.59. The van der Waals surface area contributed by atoms with Gasteiger partial charge in [-0.25, -0.2) is 9.97 Å². The van der Waals surface area contributed by atoms with E-state index >= 15 is 0 Å². The number of hydrogen-bond donors (Lipinski definition) is 1. The van der Waals surface area contributed by atoms with Crippen LogP contribution < -0.4 is 9.64 Å². The third-order valence-electron chi connectivity index (χ3n) is 4.58. The first-order chi connectivity index (χ1) is 14.3. The van der Waals surface area contributed by atoms with Crippen LogP contribution in [0.1, 0.15) is 36.6 Å². The van der Waals surface area contributed by atoms with E-state index in [0.717, 1.165) is 6.42 Å². The zero-order valence-electron chi connectivity index (χ0n) is 16.7. The van der Waals surface area contributed by atoms with Gasteiger partial charge in [-0.1, -0.05) is 18.5 Å². The summed E-state index contributed by atoms with van der Waals surface area (Å²) in [5.41, 5.74) is 0.330. The summed E-state index contributed by atoms with van der Waals surface area (Å²) in [4.78, 5) is 10.2. The van der Waals surface area contributed by atoms with Crippen molar-refractivity contribution in [2.24, 2.45) is 0 Å². The summed E-state index contributed by atoms with van der Waals surface area (Å²) < 4.78 is 50.2. The highest BCUT2D eigenvalue weighted by atomic mass is 19.4. The molecular formula is C20H23F3N4O3. The van der Waals surface area contributed by atoms with E-state index in [1.165, 1.54) is 6.07 Å². The van der Waals surface area contributed by atoms with Crippen LogP contribution in [-0.2, 0) is 19.2 Å². The molecule has 0 aliphatic rings. The number of alkyl halides is 3. The molecule has 0 unspecified atom stereocenters. The number of aliphatic hydroxyl groups excluding tert-OH is 1. The Morgan fingerprint density at radius 3 is 2.57 bits per heavy atom. The van der Waals surface area contributed by atoms with Crippen molar-refractivity contribution in [2.45, 2.75) is 39.0 Å². The molecule has 1 aromatic carbocycles. The zero-order valence-corrected chi connectivity index (χ0v) is 16.7. The van der Waals surface area contributed by atoms with Crippen molar-refractivity contribution < 1.29 is 27.5 Å². The number of aromatic nitrogens is 3. The van der Waals surface area contributed by atoms with Gasteiger partial charge in [0.15, 0.2) is 11.3 Å². The fourth-order valence-electron chi connectivity index (χ4n) is 3.08. The Morgan fingerprint density at radius 1 is 1.20 bits per heavy atom. The van der Waals surface area contributed by atoms with Gasteiger partial charge in [0.1, 0.15) is 5.75 Å². The molecule has 0 bridgehead atoms. The summed E-state index contributed by atoms with van der Waals surface area (Å²) >= 11 is 0. The van der Waals surface area contributed by atoms with Gasteiger partial charge in [0, 0.05) is 37.1 Å². The molecule has 0 fully saturated rings. The minimum absolute atomic E-state index is 0.0542. The van der Waals surface area contributed by atoms with Crippen molar-refractivity contribution >= 4 is 16.9 Å². The van der Waals surface area contributed by atoms with Gasteiger partial charge in [-0.15, -0.1) is 0 Å². The van der Waals surface area contributed by atoms with E-state index in [0.29, 0.717) is 48.8 Å². The maximum atomic E-state index is 13.1. The van der Waals surface area contributed by atoms with Crippen LogP contribution in [0.2, 0.25) is 0 Å². The molecule has 10 heteroatoms. The quantitative estimate of drug-likeness (QED) is 0.520. The highest BCUT2D eigenvalue weighted by Gasteiger charge is 2.37. The standard InChI is InChI=1S/C20H23F3N4O3/c1-3-5-14-16(7-6-15-17(14)30-26-18(15)20(21,22)23)29-9-4-8-27(2)19-24-10-13(12-28)11-25-19/h6-7,10-11,28H,3-5,8-9,12H2,1-2H3. The Morgan fingerprint density at radius 2 is 1.93 bits per heavy atom. The van der Waals surface area contributed by atoms with E-state index in [2.05, 4.69) is 15.1 Å². The van der Waals surface area contributed by atoms with Gasteiger partial charge in [-0.3, -0.25) is 0 Å². The van der Waals surface area contributed by atoms with Crippen molar-refractivity contribution in [3.8, 4) is 5.75 Å². The molecular weight excluding hydrogens is 401 g/mol. The molecule has 0 amide bonds. The van der Waals surface area contributed by atoms with Crippen LogP contribution in [-0.4, -0.2) is 40.4 Å². The average molecular weight is 424 g/mol. The molecule has 162 valence electrons. The largest absolute Gasteiger partial charge is 0.493 e. The summed E-state index contributed by atoms with van der Waals surface area (Å²) in [7, 11) is 1.84. The minimum Gasteiger partial charge on any atom is -0.493 e. The van der Waals surface area contributed by atoms with Crippen LogP contribution in [0.15, 0.2) is 29.0 Å². The highest BCUT2D eigenvalue weighted by molar-refractivity contribution is 5.85. The van der Waals surface area contributed by atoms with Crippen molar-refractivity contribution in [1.82, 2.24) is 15.1 Å². The van der Waals surface area contributed by atoms with Crippen LogP contribution in [0.4, 0.5) is 19.1 Å². The van der Waals surface area contributed by atoms with E-state index in [1.54, 1.807) is 18.5 Å². The summed E-state index contributed by atoms with van der Waals surface area (Å²) in [6, 6.07) is 2.88. The van der Waals surface area contributed by atoms with Gasteiger partial charge in [0.05, 0.1) is 18.6 Å². The lowest BCUT2D eigenvalue weighted by Crippen LogP contribution is -2.22. The first-order valence-electron chi connectivity index (χ1n) is 9.59. The van der Waals surface area contributed by atoms with Crippen LogP contribution in [0, 0.1) is 0 Å². The molecule has 3 aromatic rings. The molecule has 3 rings (SSSR count). The number of aliphatic hydroxyl groups is 1. The number of benzene rings is 1. The lowest BCUT2D eigenvalue weighted by Gasteiger charge is -2.17. The van der Waals surface area contributed by atoms with Crippen molar-refractivity contribution in [2.75, 3.05) is 25.1 Å². The lowest BCUT2D eigenvalue weighted by atomic mass is 10.0. The molecule has 0 saturated heterocycles. The van der Waals surface area contributed by atoms with E-state index in [-0.39, 0.29) is 17.6 Å². The van der Waals surface area contributed by atoms with Gasteiger partial charge >= 0.3 is 6.18 Å². The Hall–Kier alpha value is -2.88. The van der Waals surface area contributed by atoms with Crippen LogP contribution in [0.5, 0.6) is 5.75 Å². The van der Waals surface area contributed by atoms with E-state index in [1.807, 2.05) is 18.9 Å². The second kappa shape index (κ2) is 9.29. The maximum absolute atomic E-state index is 13.1. The fourth-order valence-corrected chi connectivity index (χ4v) is 3.08. The first kappa shape index (κ1) is 21.8. The third kappa shape index (κ3) is 4.81. The minimum atomic E-state index is -4.57. The summed E-state index contributed by atoms with van der Waals surface area (Å²) in [6.45, 7) is 2.80. The Bertz CT molecular complexity index is 974. The molecule has 0 spiro atoms. The predicted molar refractivity (Wildman–Crippen MR) is 104 cm³/mol. The van der Waals surface area contributed by atoms with Crippen LogP contribution in [0.3, 0.4) is 0 Å². The van der Waals surface area contributed by atoms with Gasteiger partial charge in [0.25, 0.3) is 0 Å². The zero-order chi connectivity index (χ0) is 21.7. The molecule has 7 nitrogen and oxygen atoms in total. The highest BCUT2D eigenvalue weighted by Crippen LogP contribution is 2.38. The van der Waals surface area contributed by atoms with Crippen molar-refractivity contribution in [1.29, 1.82) is 0 Å². The molecule has 0 saturated carbocycles. The SMILES string of the molecule is CCCc1c(OCCCN(C)c2ncc(CO)cn2)ccc2c(C(F)(F)F)noc12. The predicted octanol–water partition coefficient (Wildman–Crippen LogP) is 3.99. The van der Waals surface area contributed by atoms with Gasteiger partial charge < -0.3 is 19.3 Å². The van der Waals surface area contributed by atoms with Crippen molar-refractivity contribution in [3.05, 3.63) is 41.3 Å². The summed E-state index contributed by atoms with van der Waals surface area (Å²) in [5, 5.41) is 12.2. The fraction of sp³-hybridized carbons (Fsp3) is 0.450. The van der Waals surface area contributed by atoms with E-state index in [4.69, 9.17) is 14.4 Å². The number of anilines is 1. The monoisotopic (exact) mass is 424 g/mol. The molecule has 0 aliphatic heterocycles. The second-order valence-electron chi connectivity index (χ2n) is 6.87. The van der Waals surface area contributed by atoms with E-state index < -0.39 is 11.9 Å². The molecule has 0 atom stereocenters. The second-order valence-corrected chi connectivity index (χ2v) is 6.87. The van der Waals surface area contributed by atoms with Gasteiger partial charge in [0.2, 0.25) is 5.95 Å². The van der Waals surface area contributed by atoms with Gasteiger partial charge in [-0.2, -0.15) is 13.2 Å². The topological polar surface area (TPSA) is 84.5 Å². The Balaban J connectivity index is 1.65. The molecule has 0 radical (unpaired) electrons. The smallest absolute Gasteiger partial charge is 0.437 e. The van der Waals surface area contributed by atoms with Crippen LogP contribution >= 0.6 is 0 Å². The number of rotatable bonds is 9. The molecule has 30 heavy (non-hydrogen) atoms. The number of halogens is 3. The summed E-state index contributed by atoms with van der Waals surface area (Å²) in [6.07, 6.45) is 0.447. The normalized spacial score (nSPS) is 11.8. The van der Waals surface area contributed by atoms with Gasteiger partial charge in [-0.05, 0) is 25.0 Å². The molecule has 2 heterocycles. The molecule has 1 N–H and O–H groups in total. The maximum Gasteiger partial charge on any atom is 0.437 e. The average Bonchev–Trinajstić information content (AvgIpc) is 3.17.